The molecule has 0 radical (unpaired) electrons. The second-order valence-corrected chi connectivity index (χ2v) is 12.4. The number of aromatic nitrogens is 1. The van der Waals surface area contributed by atoms with Crippen LogP contribution in [0.5, 0.6) is 17.2 Å². The van der Waals surface area contributed by atoms with E-state index >= 15 is 0 Å². The molecule has 8 nitrogen and oxygen atoms in total. The van der Waals surface area contributed by atoms with Crippen molar-refractivity contribution in [3.05, 3.63) is 131 Å². The van der Waals surface area contributed by atoms with Crippen LogP contribution in [0.4, 0.5) is 0 Å². The van der Waals surface area contributed by atoms with Crippen LogP contribution in [-0.4, -0.2) is 31.4 Å². The lowest BCUT2D eigenvalue weighted by Crippen LogP contribution is -2.39. The van der Waals surface area contributed by atoms with Gasteiger partial charge in [-0.25, -0.2) is 9.79 Å². The predicted octanol–water partition coefficient (Wildman–Crippen LogP) is 6.31. The van der Waals surface area contributed by atoms with Crippen molar-refractivity contribution in [2.75, 3.05) is 20.8 Å². The van der Waals surface area contributed by atoms with E-state index in [1.165, 1.54) is 11.3 Å². The van der Waals surface area contributed by atoms with Gasteiger partial charge in [-0.1, -0.05) is 65.9 Å². The second-order valence-electron chi connectivity index (χ2n) is 10.5. The van der Waals surface area contributed by atoms with Crippen molar-refractivity contribution < 1.29 is 23.7 Å². The minimum atomic E-state index is -0.713. The zero-order valence-electron chi connectivity index (χ0n) is 25.7. The van der Waals surface area contributed by atoms with Gasteiger partial charge in [0.2, 0.25) is 0 Å². The van der Waals surface area contributed by atoms with Crippen LogP contribution in [0.2, 0.25) is 0 Å². The number of benzene rings is 4. The fraction of sp³-hybridized carbons (Fsp3) is 0.194. The topological polar surface area (TPSA) is 88.4 Å². The molecule has 46 heavy (non-hydrogen) atoms. The molecular formula is C36H31BrN2O6S. The molecular weight excluding hydrogens is 668 g/mol. The average Bonchev–Trinajstić information content (AvgIpc) is 3.36. The van der Waals surface area contributed by atoms with Crippen molar-refractivity contribution in [1.82, 2.24) is 4.57 Å². The van der Waals surface area contributed by atoms with Crippen LogP contribution in [0, 0.1) is 0 Å². The number of hydrogen-bond donors (Lipinski definition) is 0. The van der Waals surface area contributed by atoms with E-state index in [4.69, 9.17) is 18.9 Å². The Morgan fingerprint density at radius 3 is 2.52 bits per heavy atom. The molecule has 0 saturated heterocycles. The zero-order valence-corrected chi connectivity index (χ0v) is 28.1. The minimum Gasteiger partial charge on any atom is -0.497 e. The van der Waals surface area contributed by atoms with Crippen molar-refractivity contribution >= 4 is 50.1 Å². The van der Waals surface area contributed by atoms with Crippen molar-refractivity contribution in [2.24, 2.45) is 4.99 Å². The fourth-order valence-corrected chi connectivity index (χ4v) is 7.20. The monoisotopic (exact) mass is 698 g/mol. The highest BCUT2D eigenvalue weighted by Gasteiger charge is 2.33. The van der Waals surface area contributed by atoms with Crippen LogP contribution in [0.1, 0.15) is 36.6 Å². The molecule has 1 aliphatic rings. The molecule has 5 aromatic rings. The van der Waals surface area contributed by atoms with Gasteiger partial charge in [-0.3, -0.25) is 9.36 Å². The molecule has 1 aromatic heterocycles. The van der Waals surface area contributed by atoms with E-state index in [0.29, 0.717) is 48.9 Å². The smallest absolute Gasteiger partial charge is 0.338 e. The largest absolute Gasteiger partial charge is 0.497 e. The van der Waals surface area contributed by atoms with Gasteiger partial charge < -0.3 is 18.9 Å². The molecule has 0 saturated carbocycles. The van der Waals surface area contributed by atoms with Crippen LogP contribution in [0.15, 0.2) is 104 Å². The number of thiazole rings is 1. The standard InChI is InChI=1S/C36H31BrN2O6S/c1-5-44-35(41)31-21(2)38-36-39(32(31)24-13-15-26(42-3)16-14-24)34(40)30(46-36)19-22-17-28(37)33(29(18-22)43-4)45-20-25-11-8-10-23-9-6-7-12-27(23)25/h6-19,32H,5,20H2,1-4H3/b30-19-/t32-/m1/s1. The fourth-order valence-electron chi connectivity index (χ4n) is 5.58. The summed E-state index contributed by atoms with van der Waals surface area (Å²) in [6.45, 7) is 4.06. The molecule has 1 atom stereocenters. The van der Waals surface area contributed by atoms with Gasteiger partial charge in [-0.05, 0) is 87.6 Å². The van der Waals surface area contributed by atoms with E-state index in [1.807, 2.05) is 48.5 Å². The number of esters is 1. The summed E-state index contributed by atoms with van der Waals surface area (Å²) in [5.41, 5.74) is 3.08. The summed E-state index contributed by atoms with van der Waals surface area (Å²) in [6, 6.07) is 24.6. The van der Waals surface area contributed by atoms with Crippen LogP contribution >= 0.6 is 27.3 Å². The highest BCUT2D eigenvalue weighted by Crippen LogP contribution is 2.38. The molecule has 0 fully saturated rings. The molecule has 0 N–H and O–H groups in total. The van der Waals surface area contributed by atoms with Crippen LogP contribution in [0.25, 0.3) is 16.8 Å². The van der Waals surface area contributed by atoms with E-state index in [-0.39, 0.29) is 12.2 Å². The molecule has 1 aliphatic heterocycles. The molecule has 4 aromatic carbocycles. The maximum absolute atomic E-state index is 14.0. The van der Waals surface area contributed by atoms with E-state index in [1.54, 1.807) is 50.8 Å². The Balaban J connectivity index is 1.39. The van der Waals surface area contributed by atoms with E-state index in [2.05, 4.69) is 39.1 Å². The number of nitrogens with zero attached hydrogens (tertiary/aromatic N) is 2. The highest BCUT2D eigenvalue weighted by molar-refractivity contribution is 9.10. The number of carbonyl (C=O) groups is 1. The summed E-state index contributed by atoms with van der Waals surface area (Å²) in [6.07, 6.45) is 1.79. The quantitative estimate of drug-likeness (QED) is 0.168. The lowest BCUT2D eigenvalue weighted by Gasteiger charge is -2.24. The molecule has 10 heteroatoms. The lowest BCUT2D eigenvalue weighted by atomic mass is 9.96. The Kier molecular flexibility index (Phi) is 9.10. The van der Waals surface area contributed by atoms with E-state index < -0.39 is 12.0 Å². The minimum absolute atomic E-state index is 0.202. The van der Waals surface area contributed by atoms with E-state index in [9.17, 15) is 9.59 Å². The van der Waals surface area contributed by atoms with Gasteiger partial charge in [0.05, 0.1) is 47.1 Å². The van der Waals surface area contributed by atoms with Crippen molar-refractivity contribution in [1.29, 1.82) is 0 Å². The molecule has 0 unspecified atom stereocenters. The number of halogens is 1. The third-order valence-electron chi connectivity index (χ3n) is 7.75. The molecule has 0 amide bonds. The number of carbonyl (C=O) groups excluding carboxylic acids is 1. The molecule has 0 aliphatic carbocycles. The zero-order chi connectivity index (χ0) is 32.4. The Morgan fingerprint density at radius 2 is 1.78 bits per heavy atom. The third kappa shape index (κ3) is 5.98. The highest BCUT2D eigenvalue weighted by atomic mass is 79.9. The van der Waals surface area contributed by atoms with Crippen molar-refractivity contribution in [3.63, 3.8) is 0 Å². The second kappa shape index (κ2) is 13.4. The van der Waals surface area contributed by atoms with Gasteiger partial charge in [-0.2, -0.15) is 0 Å². The van der Waals surface area contributed by atoms with Crippen LogP contribution < -0.4 is 29.1 Å². The Bertz CT molecular complexity index is 2160. The van der Waals surface area contributed by atoms with Gasteiger partial charge in [0.25, 0.3) is 5.56 Å². The number of methoxy groups -OCH3 is 2. The van der Waals surface area contributed by atoms with Gasteiger partial charge in [0.15, 0.2) is 16.3 Å². The van der Waals surface area contributed by atoms with Gasteiger partial charge in [0.1, 0.15) is 12.4 Å². The number of fused-ring (bicyclic) bond motifs is 2. The number of hydrogen-bond acceptors (Lipinski definition) is 8. The number of rotatable bonds is 9. The van der Waals surface area contributed by atoms with Crippen molar-refractivity contribution in [3.8, 4) is 17.2 Å². The molecule has 6 rings (SSSR count). The number of allylic oxidation sites excluding steroid dienone is 1. The molecule has 0 bridgehead atoms. The van der Waals surface area contributed by atoms with Gasteiger partial charge in [-0.15, -0.1) is 0 Å². The SMILES string of the molecule is CCOC(=O)C1=C(C)N=c2s/c(=C\c3cc(Br)c(OCc4cccc5ccccc45)c(OC)c3)c(=O)n2[C@@H]1c1ccc(OC)cc1. The predicted molar refractivity (Wildman–Crippen MR) is 182 cm³/mol. The maximum atomic E-state index is 14.0. The van der Waals surface area contributed by atoms with Gasteiger partial charge >= 0.3 is 5.97 Å². The first-order chi connectivity index (χ1) is 22.3. The third-order valence-corrected chi connectivity index (χ3v) is 9.32. The number of ether oxygens (including phenoxy) is 4. The average molecular weight is 700 g/mol. The first-order valence-electron chi connectivity index (χ1n) is 14.6. The summed E-state index contributed by atoms with van der Waals surface area (Å²) in [7, 11) is 3.17. The van der Waals surface area contributed by atoms with Gasteiger partial charge in [0, 0.05) is 0 Å². The first kappa shape index (κ1) is 31.3. The summed E-state index contributed by atoms with van der Waals surface area (Å²) in [5.74, 6) is 1.23. The summed E-state index contributed by atoms with van der Waals surface area (Å²) >= 11 is 4.91. The first-order valence-corrected chi connectivity index (χ1v) is 16.2. The van der Waals surface area contributed by atoms with E-state index in [0.717, 1.165) is 27.5 Å². The molecule has 0 spiro atoms. The van der Waals surface area contributed by atoms with Crippen LogP contribution in [-0.2, 0) is 16.1 Å². The molecule has 234 valence electrons. The Hall–Kier alpha value is -4.67. The normalized spacial score (nSPS) is 14.5. The van der Waals surface area contributed by atoms with Crippen molar-refractivity contribution in [2.45, 2.75) is 26.5 Å². The maximum Gasteiger partial charge on any atom is 0.338 e. The summed E-state index contributed by atoms with van der Waals surface area (Å²) in [4.78, 5) is 32.4. The Morgan fingerprint density at radius 1 is 1.02 bits per heavy atom. The Labute approximate surface area is 278 Å². The summed E-state index contributed by atoms with van der Waals surface area (Å²) in [5, 5.41) is 2.27. The van der Waals surface area contributed by atoms with Crippen LogP contribution in [0.3, 0.4) is 0 Å². The summed E-state index contributed by atoms with van der Waals surface area (Å²) < 4.78 is 25.4. The lowest BCUT2D eigenvalue weighted by molar-refractivity contribution is -0.139. The molecule has 2 heterocycles.